The molecule has 0 spiro atoms. The Bertz CT molecular complexity index is 545. The second-order valence-electron chi connectivity index (χ2n) is 3.61. The van der Waals surface area contributed by atoms with E-state index in [1.54, 1.807) is 10.7 Å². The molecule has 17 heavy (non-hydrogen) atoms. The van der Waals surface area contributed by atoms with E-state index in [4.69, 9.17) is 28.9 Å². The number of pyridine rings is 1. The minimum Gasteiger partial charge on any atom is -0.382 e. The van der Waals surface area contributed by atoms with Gasteiger partial charge in [-0.25, -0.2) is 4.98 Å². The Morgan fingerprint density at radius 3 is 2.59 bits per heavy atom. The number of aromatic nitrogens is 3. The van der Waals surface area contributed by atoms with Gasteiger partial charge in [-0.1, -0.05) is 23.2 Å². The van der Waals surface area contributed by atoms with Crippen LogP contribution in [0.5, 0.6) is 0 Å². The van der Waals surface area contributed by atoms with Crippen molar-refractivity contribution in [3.8, 4) is 0 Å². The second-order valence-corrected chi connectivity index (χ2v) is 4.42. The van der Waals surface area contributed by atoms with Crippen LogP contribution in [0, 0.1) is 6.92 Å². The number of nitrogens with one attached hydrogen (secondary N) is 1. The van der Waals surface area contributed by atoms with Crippen molar-refractivity contribution in [2.45, 2.75) is 6.92 Å². The lowest BCUT2D eigenvalue weighted by Gasteiger charge is -2.06. The first-order chi connectivity index (χ1) is 7.97. The van der Waals surface area contributed by atoms with Crippen LogP contribution in [0.15, 0.2) is 12.1 Å². The summed E-state index contributed by atoms with van der Waals surface area (Å²) in [7, 11) is 1.85. The zero-order chi connectivity index (χ0) is 12.6. The third-order valence-electron chi connectivity index (χ3n) is 2.32. The van der Waals surface area contributed by atoms with Gasteiger partial charge in [-0.3, -0.25) is 4.68 Å². The molecule has 5 nitrogen and oxygen atoms in total. The minimum absolute atomic E-state index is 0.228. The minimum atomic E-state index is 0.228. The van der Waals surface area contributed by atoms with Crippen LogP contribution in [-0.4, -0.2) is 14.8 Å². The lowest BCUT2D eigenvalue weighted by atomic mass is 10.4. The van der Waals surface area contributed by atoms with Crippen molar-refractivity contribution >= 4 is 40.7 Å². The third-order valence-corrected chi connectivity index (χ3v) is 2.91. The van der Waals surface area contributed by atoms with E-state index in [0.717, 1.165) is 5.69 Å². The Labute approximate surface area is 109 Å². The Morgan fingerprint density at radius 1 is 1.29 bits per heavy atom. The summed E-state index contributed by atoms with van der Waals surface area (Å²) in [5, 5.41) is 7.95. The summed E-state index contributed by atoms with van der Waals surface area (Å²) >= 11 is 11.8. The maximum atomic E-state index is 6.00. The zero-order valence-corrected chi connectivity index (χ0v) is 10.8. The van der Waals surface area contributed by atoms with Crippen molar-refractivity contribution in [2.24, 2.45) is 7.05 Å². The van der Waals surface area contributed by atoms with Crippen LogP contribution in [0.25, 0.3) is 0 Å². The first-order valence-electron chi connectivity index (χ1n) is 4.86. The fourth-order valence-electron chi connectivity index (χ4n) is 1.31. The molecule has 0 saturated carbocycles. The van der Waals surface area contributed by atoms with E-state index in [0.29, 0.717) is 21.7 Å². The molecule has 0 radical (unpaired) electrons. The summed E-state index contributed by atoms with van der Waals surface area (Å²) in [4.78, 5) is 4.06. The molecular weight excluding hydrogens is 261 g/mol. The molecule has 0 fully saturated rings. The molecule has 2 rings (SSSR count). The van der Waals surface area contributed by atoms with Crippen LogP contribution < -0.4 is 11.1 Å². The first-order valence-corrected chi connectivity index (χ1v) is 5.62. The number of halogens is 2. The van der Waals surface area contributed by atoms with E-state index >= 15 is 0 Å². The van der Waals surface area contributed by atoms with Crippen LogP contribution in [0.2, 0.25) is 10.0 Å². The fourth-order valence-corrected chi connectivity index (χ4v) is 1.72. The number of hydrogen-bond donors (Lipinski definition) is 2. The molecule has 0 aliphatic rings. The standard InChI is InChI=1S/C10H11Cl2N5/c1-5-3-8(16-17(5)2)14-10-7(12)4-6(11)9(13)15-10/h3-4H,1-2H3,(H3,13,14,15,16). The van der Waals surface area contributed by atoms with Crippen molar-refractivity contribution in [3.63, 3.8) is 0 Å². The molecule has 0 aromatic carbocycles. The summed E-state index contributed by atoms with van der Waals surface area (Å²) in [6, 6.07) is 3.42. The normalized spacial score (nSPS) is 10.6. The molecule has 0 saturated heterocycles. The number of nitrogens with two attached hydrogens (primary N) is 1. The van der Waals surface area contributed by atoms with Gasteiger partial charge in [0.2, 0.25) is 0 Å². The topological polar surface area (TPSA) is 68.8 Å². The maximum absolute atomic E-state index is 6.00. The van der Waals surface area contributed by atoms with Gasteiger partial charge < -0.3 is 11.1 Å². The first kappa shape index (κ1) is 12.0. The van der Waals surface area contributed by atoms with Gasteiger partial charge in [0.05, 0.1) is 10.0 Å². The molecule has 0 atom stereocenters. The lowest BCUT2D eigenvalue weighted by molar-refractivity contribution is 0.743. The molecule has 0 amide bonds. The van der Waals surface area contributed by atoms with Crippen LogP contribution in [0.1, 0.15) is 5.69 Å². The maximum Gasteiger partial charge on any atom is 0.153 e. The molecule has 0 aliphatic heterocycles. The van der Waals surface area contributed by atoms with Gasteiger partial charge in [0.15, 0.2) is 11.6 Å². The summed E-state index contributed by atoms with van der Waals surface area (Å²) in [6.07, 6.45) is 0. The van der Waals surface area contributed by atoms with E-state index < -0.39 is 0 Å². The number of nitrogen functional groups attached to an aromatic ring is 1. The number of nitrogens with zero attached hydrogens (tertiary/aromatic N) is 3. The van der Waals surface area contributed by atoms with E-state index in [2.05, 4.69) is 15.4 Å². The van der Waals surface area contributed by atoms with Crippen molar-refractivity contribution < 1.29 is 0 Å². The average Bonchev–Trinajstić information content (AvgIpc) is 2.55. The van der Waals surface area contributed by atoms with Crippen LogP contribution in [-0.2, 0) is 7.05 Å². The van der Waals surface area contributed by atoms with E-state index in [1.165, 1.54) is 0 Å². The summed E-state index contributed by atoms with van der Waals surface area (Å²) in [6.45, 7) is 1.95. The highest BCUT2D eigenvalue weighted by Gasteiger charge is 2.09. The van der Waals surface area contributed by atoms with Crippen molar-refractivity contribution in [1.29, 1.82) is 0 Å². The highest BCUT2D eigenvalue weighted by molar-refractivity contribution is 6.37. The molecule has 0 unspecified atom stereocenters. The molecular formula is C10H11Cl2N5. The van der Waals surface area contributed by atoms with Crippen molar-refractivity contribution in [2.75, 3.05) is 11.1 Å². The van der Waals surface area contributed by atoms with E-state index in [1.807, 2.05) is 20.0 Å². The number of anilines is 3. The lowest BCUT2D eigenvalue weighted by Crippen LogP contribution is -2.00. The van der Waals surface area contributed by atoms with Gasteiger partial charge >= 0.3 is 0 Å². The van der Waals surface area contributed by atoms with E-state index in [9.17, 15) is 0 Å². The quantitative estimate of drug-likeness (QED) is 0.882. The summed E-state index contributed by atoms with van der Waals surface area (Å²) in [5.41, 5.74) is 6.63. The smallest absolute Gasteiger partial charge is 0.153 e. The van der Waals surface area contributed by atoms with Crippen LogP contribution in [0.4, 0.5) is 17.5 Å². The largest absolute Gasteiger partial charge is 0.382 e. The Morgan fingerprint density at radius 2 is 2.00 bits per heavy atom. The van der Waals surface area contributed by atoms with Gasteiger partial charge in [-0.2, -0.15) is 5.10 Å². The molecule has 2 aromatic rings. The Hall–Kier alpha value is -1.46. The van der Waals surface area contributed by atoms with Gasteiger partial charge in [-0.05, 0) is 13.0 Å². The number of hydrogen-bond acceptors (Lipinski definition) is 4. The molecule has 2 aromatic heterocycles. The Kier molecular flexibility index (Phi) is 3.13. The molecule has 2 heterocycles. The van der Waals surface area contributed by atoms with Gasteiger partial charge in [-0.15, -0.1) is 0 Å². The molecule has 3 N–H and O–H groups in total. The molecule has 7 heteroatoms. The number of aryl methyl sites for hydroxylation is 2. The highest BCUT2D eigenvalue weighted by atomic mass is 35.5. The molecule has 90 valence electrons. The average molecular weight is 272 g/mol. The van der Waals surface area contributed by atoms with Gasteiger partial charge in [0, 0.05) is 18.8 Å². The molecule has 0 bridgehead atoms. The monoisotopic (exact) mass is 271 g/mol. The SMILES string of the molecule is Cc1cc(Nc2nc(N)c(Cl)cc2Cl)nn1C. The van der Waals surface area contributed by atoms with Gasteiger partial charge in [0.1, 0.15) is 5.82 Å². The third kappa shape index (κ3) is 2.45. The predicted octanol–water partition coefficient (Wildman–Crippen LogP) is 2.76. The highest BCUT2D eigenvalue weighted by Crippen LogP contribution is 2.29. The second kappa shape index (κ2) is 4.43. The fraction of sp³-hybridized carbons (Fsp3) is 0.200. The van der Waals surface area contributed by atoms with Crippen molar-refractivity contribution in [1.82, 2.24) is 14.8 Å². The molecule has 0 aliphatic carbocycles. The van der Waals surface area contributed by atoms with Gasteiger partial charge in [0.25, 0.3) is 0 Å². The van der Waals surface area contributed by atoms with Crippen LogP contribution in [0.3, 0.4) is 0 Å². The Balaban J connectivity index is 2.33. The van der Waals surface area contributed by atoms with Crippen LogP contribution >= 0.6 is 23.2 Å². The summed E-state index contributed by atoms with van der Waals surface area (Å²) in [5.74, 6) is 1.32. The summed E-state index contributed by atoms with van der Waals surface area (Å²) < 4.78 is 1.75. The zero-order valence-electron chi connectivity index (χ0n) is 9.33. The predicted molar refractivity (Wildman–Crippen MR) is 69.9 cm³/mol. The van der Waals surface area contributed by atoms with E-state index in [-0.39, 0.29) is 5.82 Å². The number of rotatable bonds is 2. The van der Waals surface area contributed by atoms with Crippen molar-refractivity contribution in [3.05, 3.63) is 27.9 Å².